The minimum absolute atomic E-state index is 0.528. The van der Waals surface area contributed by atoms with Gasteiger partial charge in [-0.2, -0.15) is 0 Å². The molecule has 41 valence electrons. The molecule has 0 amide bonds. The summed E-state index contributed by atoms with van der Waals surface area (Å²) in [5.74, 6) is 0. The first-order valence-electron chi connectivity index (χ1n) is 2.88. The largest absolute Gasteiger partial charge is 0.378 e. The molecule has 1 aliphatic carbocycles. The van der Waals surface area contributed by atoms with Crippen molar-refractivity contribution in [2.45, 2.75) is 25.9 Å². The van der Waals surface area contributed by atoms with Gasteiger partial charge in [0, 0.05) is 6.61 Å². The molecular weight excluding hydrogens is 88.1 g/mol. The third-order valence-electron chi connectivity index (χ3n) is 0.964. The first-order valence-corrected chi connectivity index (χ1v) is 2.88. The second-order valence-electron chi connectivity index (χ2n) is 1.88. The molecule has 0 bridgehead atoms. The maximum absolute atomic E-state index is 5.25. The van der Waals surface area contributed by atoms with Gasteiger partial charge in [-0.1, -0.05) is 6.92 Å². The Morgan fingerprint density at radius 2 is 2.57 bits per heavy atom. The van der Waals surface area contributed by atoms with Gasteiger partial charge in [0.2, 0.25) is 0 Å². The quantitative estimate of drug-likeness (QED) is 0.519. The Bertz CT molecular complexity index is 48.1. The number of hydrogen-bond acceptors (Lipinski definition) is 1. The highest BCUT2D eigenvalue weighted by atomic mass is 16.5. The van der Waals surface area contributed by atoms with Gasteiger partial charge in [-0.05, 0) is 19.3 Å². The second kappa shape index (κ2) is 2.31. The normalized spacial score (nSPS) is 20.1. The van der Waals surface area contributed by atoms with Gasteiger partial charge >= 0.3 is 0 Å². The van der Waals surface area contributed by atoms with E-state index in [-0.39, 0.29) is 0 Å². The molecule has 1 unspecified atom stereocenters. The van der Waals surface area contributed by atoms with Crippen LogP contribution < -0.4 is 0 Å². The van der Waals surface area contributed by atoms with Crippen molar-refractivity contribution < 1.29 is 4.74 Å². The van der Waals surface area contributed by atoms with E-state index < -0.39 is 0 Å². The molecule has 0 heterocycles. The molecule has 1 atom stereocenters. The van der Waals surface area contributed by atoms with Crippen LogP contribution in [0.15, 0.2) is 0 Å². The van der Waals surface area contributed by atoms with Crippen LogP contribution in [0, 0.1) is 6.42 Å². The Morgan fingerprint density at radius 3 is 3.00 bits per heavy atom. The molecule has 0 spiro atoms. The predicted molar refractivity (Wildman–Crippen MR) is 28.9 cm³/mol. The first kappa shape index (κ1) is 5.10. The van der Waals surface area contributed by atoms with E-state index in [1.54, 1.807) is 0 Å². The van der Waals surface area contributed by atoms with E-state index in [2.05, 4.69) is 13.3 Å². The fraction of sp³-hybridized carbons (Fsp3) is 0.833. The van der Waals surface area contributed by atoms with Crippen LogP contribution in [-0.4, -0.2) is 12.7 Å². The van der Waals surface area contributed by atoms with Crippen LogP contribution in [-0.2, 0) is 4.74 Å². The Balaban J connectivity index is 1.80. The van der Waals surface area contributed by atoms with Crippen molar-refractivity contribution in [1.29, 1.82) is 0 Å². The lowest BCUT2D eigenvalue weighted by Gasteiger charge is -1.94. The zero-order valence-corrected chi connectivity index (χ0v) is 4.68. The van der Waals surface area contributed by atoms with E-state index in [0.717, 1.165) is 13.0 Å². The molecule has 1 aliphatic rings. The molecule has 0 aliphatic heterocycles. The molecule has 0 aromatic rings. The molecule has 1 heteroatoms. The third kappa shape index (κ3) is 1.93. The molecule has 0 aromatic heterocycles. The summed E-state index contributed by atoms with van der Waals surface area (Å²) in [6.07, 6.45) is 5.03. The van der Waals surface area contributed by atoms with Crippen LogP contribution in [0.5, 0.6) is 0 Å². The topological polar surface area (TPSA) is 9.23 Å². The Hall–Kier alpha value is -0.0400. The lowest BCUT2D eigenvalue weighted by molar-refractivity contribution is 0.127. The second-order valence-corrected chi connectivity index (χ2v) is 1.88. The molecule has 0 saturated heterocycles. The van der Waals surface area contributed by atoms with Crippen LogP contribution in [0.25, 0.3) is 0 Å². The summed E-state index contributed by atoms with van der Waals surface area (Å²) in [6, 6.07) is 0. The summed E-state index contributed by atoms with van der Waals surface area (Å²) in [7, 11) is 0. The predicted octanol–water partition coefficient (Wildman–Crippen LogP) is 1.39. The van der Waals surface area contributed by atoms with Crippen molar-refractivity contribution in [3.05, 3.63) is 6.42 Å². The molecule has 0 aromatic carbocycles. The maximum atomic E-state index is 5.25. The van der Waals surface area contributed by atoms with Crippen molar-refractivity contribution in [2.75, 3.05) is 6.61 Å². The Labute approximate surface area is 44.7 Å². The summed E-state index contributed by atoms with van der Waals surface area (Å²) in [5, 5.41) is 0. The van der Waals surface area contributed by atoms with Crippen LogP contribution in [0.3, 0.4) is 0 Å². The minimum Gasteiger partial charge on any atom is -0.378 e. The van der Waals surface area contributed by atoms with Crippen molar-refractivity contribution >= 4 is 0 Å². The number of rotatable bonds is 3. The monoisotopic (exact) mass is 99.1 g/mol. The van der Waals surface area contributed by atoms with Gasteiger partial charge in [0.05, 0.1) is 6.10 Å². The minimum atomic E-state index is 0.528. The zero-order chi connectivity index (χ0) is 5.11. The zero-order valence-electron chi connectivity index (χ0n) is 4.68. The van der Waals surface area contributed by atoms with Gasteiger partial charge in [0.15, 0.2) is 0 Å². The smallest absolute Gasteiger partial charge is 0.0611 e. The Morgan fingerprint density at radius 1 is 1.86 bits per heavy atom. The lowest BCUT2D eigenvalue weighted by Crippen LogP contribution is -1.92. The molecule has 1 nitrogen and oxygen atoms in total. The molecule has 1 fully saturated rings. The number of hydrogen-bond donors (Lipinski definition) is 0. The summed E-state index contributed by atoms with van der Waals surface area (Å²) in [6.45, 7) is 3.06. The average Bonchev–Trinajstić information content (AvgIpc) is 2.42. The Kier molecular flexibility index (Phi) is 1.69. The van der Waals surface area contributed by atoms with Crippen molar-refractivity contribution in [2.24, 2.45) is 0 Å². The fourth-order valence-electron chi connectivity index (χ4n) is 0.461. The van der Waals surface area contributed by atoms with E-state index in [1.807, 2.05) is 0 Å². The van der Waals surface area contributed by atoms with Crippen LogP contribution in [0.2, 0.25) is 0 Å². The van der Waals surface area contributed by atoms with E-state index in [4.69, 9.17) is 4.74 Å². The van der Waals surface area contributed by atoms with Gasteiger partial charge in [-0.15, -0.1) is 0 Å². The van der Waals surface area contributed by atoms with Gasteiger partial charge in [-0.3, -0.25) is 0 Å². The highest BCUT2D eigenvalue weighted by Gasteiger charge is 2.21. The number of ether oxygens (including phenoxy) is 1. The van der Waals surface area contributed by atoms with E-state index in [9.17, 15) is 0 Å². The van der Waals surface area contributed by atoms with Crippen molar-refractivity contribution in [1.82, 2.24) is 0 Å². The van der Waals surface area contributed by atoms with Gasteiger partial charge < -0.3 is 4.74 Å². The summed E-state index contributed by atoms with van der Waals surface area (Å²) >= 11 is 0. The van der Waals surface area contributed by atoms with Crippen LogP contribution in [0.1, 0.15) is 19.8 Å². The van der Waals surface area contributed by atoms with Crippen molar-refractivity contribution in [3.8, 4) is 0 Å². The highest BCUT2D eigenvalue weighted by Crippen LogP contribution is 2.21. The SMILES string of the molecule is CCCOC1[CH]C1. The average molecular weight is 99.2 g/mol. The highest BCUT2D eigenvalue weighted by molar-refractivity contribution is 4.96. The van der Waals surface area contributed by atoms with Gasteiger partial charge in [0.1, 0.15) is 0 Å². The van der Waals surface area contributed by atoms with Crippen LogP contribution in [0.4, 0.5) is 0 Å². The van der Waals surface area contributed by atoms with Crippen molar-refractivity contribution in [3.63, 3.8) is 0 Å². The first-order chi connectivity index (χ1) is 3.43. The van der Waals surface area contributed by atoms with Gasteiger partial charge in [0.25, 0.3) is 0 Å². The fourth-order valence-corrected chi connectivity index (χ4v) is 0.461. The summed E-state index contributed by atoms with van der Waals surface area (Å²) in [5.41, 5.74) is 0. The molecule has 7 heavy (non-hydrogen) atoms. The standard InChI is InChI=1S/C6H11O/c1-2-5-7-6-3-4-6/h3,6H,2,4-5H2,1H3. The molecule has 1 rings (SSSR count). The lowest BCUT2D eigenvalue weighted by atomic mass is 10.5. The summed E-state index contributed by atoms with van der Waals surface area (Å²) in [4.78, 5) is 0. The maximum Gasteiger partial charge on any atom is 0.0611 e. The van der Waals surface area contributed by atoms with E-state index in [1.165, 1.54) is 6.42 Å². The molecule has 1 radical (unpaired) electrons. The molecular formula is C6H11O. The summed E-state index contributed by atoms with van der Waals surface area (Å²) < 4.78 is 5.25. The third-order valence-corrected chi connectivity index (χ3v) is 0.964. The molecule has 1 saturated carbocycles. The van der Waals surface area contributed by atoms with Crippen LogP contribution >= 0.6 is 0 Å². The molecule has 0 N–H and O–H groups in total. The van der Waals surface area contributed by atoms with E-state index >= 15 is 0 Å². The van der Waals surface area contributed by atoms with E-state index in [0.29, 0.717) is 6.10 Å². The van der Waals surface area contributed by atoms with Gasteiger partial charge in [-0.25, -0.2) is 0 Å².